The third-order valence-electron chi connectivity index (χ3n) is 1.43. The van der Waals surface area contributed by atoms with Crippen LogP contribution in [0.2, 0.25) is 0 Å². The van der Waals surface area contributed by atoms with Crippen LogP contribution in [0.5, 0.6) is 0 Å². The maximum atomic E-state index is 6.79. The summed E-state index contributed by atoms with van der Waals surface area (Å²) < 4.78 is 0. The molecule has 0 spiro atoms. The Labute approximate surface area is 66.9 Å². The van der Waals surface area contributed by atoms with Crippen LogP contribution in [0.15, 0.2) is 30.3 Å². The van der Waals surface area contributed by atoms with Gasteiger partial charge in [0, 0.05) is 6.21 Å². The van der Waals surface area contributed by atoms with E-state index in [9.17, 15) is 0 Å². The molecule has 0 saturated carbocycles. The van der Waals surface area contributed by atoms with Crippen LogP contribution >= 0.6 is 0 Å². The SMILES string of the molecule is Cc1cccc(/C=C\C=N)c1. The Hall–Kier alpha value is -1.37. The summed E-state index contributed by atoms with van der Waals surface area (Å²) in [4.78, 5) is 0. The maximum Gasteiger partial charge on any atom is 0.0177 e. The smallest absolute Gasteiger partial charge is 0.0177 e. The standard InChI is InChI=1S/C10H11N/c1-9-4-2-5-10(8-9)6-3-7-11/h2-8,11H,1H3/b6-3-,11-7?. The molecule has 1 aromatic rings. The largest absolute Gasteiger partial charge is 0.309 e. The van der Waals surface area contributed by atoms with Gasteiger partial charge in [0.15, 0.2) is 0 Å². The van der Waals surface area contributed by atoms with Crippen molar-refractivity contribution in [3.05, 3.63) is 41.5 Å². The molecule has 0 fully saturated rings. The van der Waals surface area contributed by atoms with Crippen LogP contribution in [0.3, 0.4) is 0 Å². The van der Waals surface area contributed by atoms with Gasteiger partial charge in [-0.15, -0.1) is 0 Å². The fourth-order valence-corrected chi connectivity index (χ4v) is 0.933. The third-order valence-corrected chi connectivity index (χ3v) is 1.43. The Bertz CT molecular complexity index is 274. The summed E-state index contributed by atoms with van der Waals surface area (Å²) in [5.41, 5.74) is 2.39. The van der Waals surface area contributed by atoms with Crippen LogP contribution in [-0.4, -0.2) is 6.21 Å². The zero-order chi connectivity index (χ0) is 8.10. The topological polar surface area (TPSA) is 23.9 Å². The van der Waals surface area contributed by atoms with E-state index in [4.69, 9.17) is 5.41 Å². The molecule has 0 amide bonds. The van der Waals surface area contributed by atoms with Gasteiger partial charge in [-0.05, 0) is 18.6 Å². The van der Waals surface area contributed by atoms with E-state index in [1.165, 1.54) is 11.8 Å². The molecule has 1 aromatic carbocycles. The molecule has 1 heteroatoms. The lowest BCUT2D eigenvalue weighted by Crippen LogP contribution is -1.73. The fourth-order valence-electron chi connectivity index (χ4n) is 0.933. The molecule has 0 bridgehead atoms. The lowest BCUT2D eigenvalue weighted by Gasteiger charge is -1.93. The van der Waals surface area contributed by atoms with Gasteiger partial charge in [0.25, 0.3) is 0 Å². The second kappa shape index (κ2) is 3.71. The number of allylic oxidation sites excluding steroid dienone is 1. The Balaban J connectivity index is 2.87. The number of hydrogen-bond acceptors (Lipinski definition) is 1. The number of benzene rings is 1. The minimum Gasteiger partial charge on any atom is -0.309 e. The second-order valence-electron chi connectivity index (χ2n) is 2.44. The molecule has 0 aliphatic carbocycles. The van der Waals surface area contributed by atoms with Crippen molar-refractivity contribution in [1.82, 2.24) is 0 Å². The molecular weight excluding hydrogens is 134 g/mol. The zero-order valence-electron chi connectivity index (χ0n) is 6.54. The molecular formula is C10H11N. The Morgan fingerprint density at radius 3 is 2.82 bits per heavy atom. The molecule has 0 aliphatic heterocycles. The van der Waals surface area contributed by atoms with Gasteiger partial charge < -0.3 is 5.41 Å². The summed E-state index contributed by atoms with van der Waals surface area (Å²) in [6, 6.07) is 8.17. The highest BCUT2D eigenvalue weighted by Gasteiger charge is 1.84. The van der Waals surface area contributed by atoms with Crippen LogP contribution in [0.25, 0.3) is 6.08 Å². The van der Waals surface area contributed by atoms with Gasteiger partial charge in [-0.1, -0.05) is 35.9 Å². The van der Waals surface area contributed by atoms with Gasteiger partial charge in [-0.25, -0.2) is 0 Å². The number of nitrogens with one attached hydrogen (secondary N) is 1. The van der Waals surface area contributed by atoms with E-state index >= 15 is 0 Å². The van der Waals surface area contributed by atoms with Gasteiger partial charge >= 0.3 is 0 Å². The molecule has 11 heavy (non-hydrogen) atoms. The Kier molecular flexibility index (Phi) is 2.61. The van der Waals surface area contributed by atoms with E-state index in [-0.39, 0.29) is 0 Å². The summed E-state index contributed by atoms with van der Waals surface area (Å²) in [5.74, 6) is 0. The fraction of sp³-hybridized carbons (Fsp3) is 0.100. The highest BCUT2D eigenvalue weighted by Crippen LogP contribution is 2.04. The molecule has 0 heterocycles. The first-order valence-corrected chi connectivity index (χ1v) is 3.57. The molecule has 1 N–H and O–H groups in total. The molecule has 0 aromatic heterocycles. The third kappa shape index (κ3) is 2.38. The monoisotopic (exact) mass is 145 g/mol. The van der Waals surface area contributed by atoms with Crippen LogP contribution in [-0.2, 0) is 0 Å². The number of hydrogen-bond donors (Lipinski definition) is 1. The van der Waals surface area contributed by atoms with Crippen LogP contribution in [0.1, 0.15) is 11.1 Å². The summed E-state index contributed by atoms with van der Waals surface area (Å²) >= 11 is 0. The van der Waals surface area contributed by atoms with Crippen molar-refractivity contribution in [2.45, 2.75) is 6.92 Å². The van der Waals surface area contributed by atoms with Crippen LogP contribution < -0.4 is 0 Å². The molecule has 0 aliphatic rings. The quantitative estimate of drug-likeness (QED) is 0.618. The summed E-state index contributed by atoms with van der Waals surface area (Å²) in [7, 11) is 0. The van der Waals surface area contributed by atoms with Crippen LogP contribution in [0.4, 0.5) is 0 Å². The summed E-state index contributed by atoms with van der Waals surface area (Å²) in [5, 5.41) is 6.79. The van der Waals surface area contributed by atoms with Gasteiger partial charge in [-0.3, -0.25) is 0 Å². The van der Waals surface area contributed by atoms with Crippen molar-refractivity contribution in [2.24, 2.45) is 0 Å². The highest BCUT2D eigenvalue weighted by molar-refractivity contribution is 5.75. The van der Waals surface area contributed by atoms with Crippen molar-refractivity contribution >= 4 is 12.3 Å². The predicted molar refractivity (Wildman–Crippen MR) is 49.0 cm³/mol. The second-order valence-corrected chi connectivity index (χ2v) is 2.44. The van der Waals surface area contributed by atoms with E-state index < -0.39 is 0 Å². The summed E-state index contributed by atoms with van der Waals surface area (Å²) in [6.07, 6.45) is 4.91. The van der Waals surface area contributed by atoms with E-state index in [0.29, 0.717) is 0 Å². The van der Waals surface area contributed by atoms with Crippen LogP contribution in [0, 0.1) is 12.3 Å². The average Bonchev–Trinajstić information content (AvgIpc) is 2.01. The Morgan fingerprint density at radius 1 is 1.36 bits per heavy atom. The van der Waals surface area contributed by atoms with Gasteiger partial charge in [0.05, 0.1) is 0 Å². The minimum atomic E-state index is 1.15. The number of aryl methyl sites for hydroxylation is 1. The van der Waals surface area contributed by atoms with Crippen molar-refractivity contribution in [1.29, 1.82) is 5.41 Å². The molecule has 56 valence electrons. The lowest BCUT2D eigenvalue weighted by molar-refractivity contribution is 1.46. The van der Waals surface area contributed by atoms with Gasteiger partial charge in [-0.2, -0.15) is 0 Å². The minimum absolute atomic E-state index is 1.15. The molecule has 0 saturated heterocycles. The van der Waals surface area contributed by atoms with Crippen molar-refractivity contribution in [2.75, 3.05) is 0 Å². The predicted octanol–water partition coefficient (Wildman–Crippen LogP) is 2.66. The molecule has 1 rings (SSSR count). The van der Waals surface area contributed by atoms with E-state index in [1.807, 2.05) is 18.2 Å². The molecule has 1 nitrogen and oxygen atoms in total. The van der Waals surface area contributed by atoms with Crippen molar-refractivity contribution in [3.63, 3.8) is 0 Å². The molecule has 0 radical (unpaired) electrons. The zero-order valence-corrected chi connectivity index (χ0v) is 6.54. The van der Waals surface area contributed by atoms with Gasteiger partial charge in [0.2, 0.25) is 0 Å². The molecule has 0 unspecified atom stereocenters. The summed E-state index contributed by atoms with van der Waals surface area (Å²) in [6.45, 7) is 2.06. The van der Waals surface area contributed by atoms with Gasteiger partial charge in [0.1, 0.15) is 0 Å². The Morgan fingerprint density at radius 2 is 2.18 bits per heavy atom. The lowest BCUT2D eigenvalue weighted by atomic mass is 10.1. The van der Waals surface area contributed by atoms with E-state index in [2.05, 4.69) is 19.1 Å². The normalized spacial score (nSPS) is 10.3. The first-order valence-electron chi connectivity index (χ1n) is 3.57. The first kappa shape index (κ1) is 7.73. The van der Waals surface area contributed by atoms with E-state index in [0.717, 1.165) is 5.56 Å². The number of rotatable bonds is 2. The van der Waals surface area contributed by atoms with E-state index in [1.54, 1.807) is 6.08 Å². The average molecular weight is 145 g/mol. The van der Waals surface area contributed by atoms with Crippen molar-refractivity contribution in [3.8, 4) is 0 Å². The van der Waals surface area contributed by atoms with Crippen molar-refractivity contribution < 1.29 is 0 Å². The molecule has 0 atom stereocenters. The first-order chi connectivity index (χ1) is 5.33. The highest BCUT2D eigenvalue weighted by atomic mass is 14.3. The maximum absolute atomic E-state index is 6.79.